The van der Waals surface area contributed by atoms with Crippen LogP contribution in [0.4, 0.5) is 5.69 Å². The standard InChI is InChI=1S/C19H19ClN2O3/c20-15-5-9-17(10-6-15)25-13-18(23)21-12-14-3-7-16(8-4-14)22-11-1-2-19(22)24/h3-10H,1-2,11-13H2,(H,21,23). The number of nitrogens with one attached hydrogen (secondary N) is 1. The lowest BCUT2D eigenvalue weighted by Crippen LogP contribution is -2.28. The molecular weight excluding hydrogens is 340 g/mol. The van der Waals surface area contributed by atoms with Gasteiger partial charge in [-0.05, 0) is 48.4 Å². The molecule has 6 heteroatoms. The molecule has 0 spiro atoms. The van der Waals surface area contributed by atoms with E-state index in [2.05, 4.69) is 5.32 Å². The third-order valence-corrected chi connectivity index (χ3v) is 4.25. The summed E-state index contributed by atoms with van der Waals surface area (Å²) in [7, 11) is 0. The molecule has 1 saturated heterocycles. The molecule has 1 fully saturated rings. The van der Waals surface area contributed by atoms with Crippen LogP contribution in [0.2, 0.25) is 5.02 Å². The second-order valence-electron chi connectivity index (χ2n) is 5.83. The lowest BCUT2D eigenvalue weighted by Gasteiger charge is -2.16. The summed E-state index contributed by atoms with van der Waals surface area (Å²) in [5, 5.41) is 3.43. The maximum atomic E-state index is 11.9. The van der Waals surface area contributed by atoms with E-state index >= 15 is 0 Å². The summed E-state index contributed by atoms with van der Waals surface area (Å²) in [6.07, 6.45) is 1.52. The number of hydrogen-bond donors (Lipinski definition) is 1. The molecule has 0 saturated carbocycles. The Labute approximate surface area is 151 Å². The fourth-order valence-corrected chi connectivity index (χ4v) is 2.77. The van der Waals surface area contributed by atoms with Crippen LogP contribution in [0.3, 0.4) is 0 Å². The molecule has 0 bridgehead atoms. The molecule has 1 N–H and O–H groups in total. The molecular formula is C19H19ClN2O3. The molecule has 2 amide bonds. The number of hydrogen-bond acceptors (Lipinski definition) is 3. The van der Waals surface area contributed by atoms with Crippen LogP contribution in [-0.2, 0) is 16.1 Å². The molecule has 2 aromatic rings. The Balaban J connectivity index is 1.45. The molecule has 0 aromatic heterocycles. The number of amides is 2. The van der Waals surface area contributed by atoms with Crippen LogP contribution in [0.1, 0.15) is 18.4 Å². The molecule has 3 rings (SSSR count). The fraction of sp³-hybridized carbons (Fsp3) is 0.263. The largest absolute Gasteiger partial charge is 0.484 e. The minimum absolute atomic E-state index is 0.0536. The first kappa shape index (κ1) is 17.3. The van der Waals surface area contributed by atoms with E-state index in [4.69, 9.17) is 16.3 Å². The van der Waals surface area contributed by atoms with Gasteiger partial charge in [0.1, 0.15) is 5.75 Å². The number of ether oxygens (including phenoxy) is 1. The fourth-order valence-electron chi connectivity index (χ4n) is 2.65. The van der Waals surface area contributed by atoms with E-state index < -0.39 is 0 Å². The van der Waals surface area contributed by atoms with Crippen LogP contribution in [0.5, 0.6) is 5.75 Å². The molecule has 0 radical (unpaired) electrons. The lowest BCUT2D eigenvalue weighted by atomic mass is 10.2. The molecule has 0 unspecified atom stereocenters. The van der Waals surface area contributed by atoms with Crippen molar-refractivity contribution in [3.63, 3.8) is 0 Å². The summed E-state index contributed by atoms with van der Waals surface area (Å²) >= 11 is 5.80. The van der Waals surface area contributed by atoms with Gasteiger partial charge in [-0.3, -0.25) is 9.59 Å². The summed E-state index contributed by atoms with van der Waals surface area (Å²) in [4.78, 5) is 25.4. The van der Waals surface area contributed by atoms with Crippen molar-refractivity contribution in [2.45, 2.75) is 19.4 Å². The van der Waals surface area contributed by atoms with Gasteiger partial charge >= 0.3 is 0 Å². The minimum atomic E-state index is -0.200. The second kappa shape index (κ2) is 8.03. The van der Waals surface area contributed by atoms with Crippen molar-refractivity contribution in [2.75, 3.05) is 18.1 Å². The summed E-state index contributed by atoms with van der Waals surface area (Å²) in [6.45, 7) is 1.13. The van der Waals surface area contributed by atoms with Crippen molar-refractivity contribution in [2.24, 2.45) is 0 Å². The predicted molar refractivity (Wildman–Crippen MR) is 96.8 cm³/mol. The van der Waals surface area contributed by atoms with Crippen molar-refractivity contribution in [3.05, 3.63) is 59.1 Å². The molecule has 2 aromatic carbocycles. The average Bonchev–Trinajstić information content (AvgIpc) is 3.06. The number of benzene rings is 2. The number of anilines is 1. The zero-order valence-electron chi connectivity index (χ0n) is 13.7. The molecule has 1 aliphatic rings. The molecule has 130 valence electrons. The SMILES string of the molecule is O=C(COc1ccc(Cl)cc1)NCc1ccc(N2CCCC2=O)cc1. The van der Waals surface area contributed by atoms with E-state index in [0.29, 0.717) is 23.7 Å². The van der Waals surface area contributed by atoms with Crippen molar-refractivity contribution in [1.29, 1.82) is 0 Å². The van der Waals surface area contributed by atoms with Gasteiger partial charge in [-0.15, -0.1) is 0 Å². The second-order valence-corrected chi connectivity index (χ2v) is 6.27. The van der Waals surface area contributed by atoms with Gasteiger partial charge in [-0.1, -0.05) is 23.7 Å². The predicted octanol–water partition coefficient (Wildman–Crippen LogP) is 3.16. The smallest absolute Gasteiger partial charge is 0.258 e. The van der Waals surface area contributed by atoms with E-state index in [9.17, 15) is 9.59 Å². The topological polar surface area (TPSA) is 58.6 Å². The van der Waals surface area contributed by atoms with Crippen molar-refractivity contribution >= 4 is 29.1 Å². The Bertz CT molecular complexity index is 744. The third-order valence-electron chi connectivity index (χ3n) is 3.99. The maximum Gasteiger partial charge on any atom is 0.258 e. The number of halogens is 1. The van der Waals surface area contributed by atoms with Crippen molar-refractivity contribution in [1.82, 2.24) is 5.32 Å². The summed E-state index contributed by atoms with van der Waals surface area (Å²) < 4.78 is 5.39. The average molecular weight is 359 g/mol. The highest BCUT2D eigenvalue weighted by atomic mass is 35.5. The molecule has 0 aliphatic carbocycles. The number of carbonyl (C=O) groups excluding carboxylic acids is 2. The van der Waals surface area contributed by atoms with Gasteiger partial charge in [-0.2, -0.15) is 0 Å². The van der Waals surface area contributed by atoms with Gasteiger partial charge in [0.2, 0.25) is 5.91 Å². The van der Waals surface area contributed by atoms with Gasteiger partial charge in [0.05, 0.1) is 0 Å². The zero-order chi connectivity index (χ0) is 17.6. The molecule has 1 aliphatic heterocycles. The van der Waals surface area contributed by atoms with Gasteiger partial charge in [-0.25, -0.2) is 0 Å². The van der Waals surface area contributed by atoms with Crippen molar-refractivity contribution in [3.8, 4) is 5.75 Å². The zero-order valence-corrected chi connectivity index (χ0v) is 14.5. The van der Waals surface area contributed by atoms with Crippen LogP contribution in [0.25, 0.3) is 0 Å². The molecule has 5 nitrogen and oxygen atoms in total. The highest BCUT2D eigenvalue weighted by Crippen LogP contribution is 2.21. The molecule has 0 atom stereocenters. The van der Waals surface area contributed by atoms with E-state index in [-0.39, 0.29) is 18.4 Å². The maximum absolute atomic E-state index is 11.9. The Morgan fingerprint density at radius 2 is 1.84 bits per heavy atom. The van der Waals surface area contributed by atoms with Crippen LogP contribution in [-0.4, -0.2) is 25.0 Å². The number of rotatable bonds is 6. The Hall–Kier alpha value is -2.53. The van der Waals surface area contributed by atoms with Gasteiger partial charge in [0.25, 0.3) is 5.91 Å². The van der Waals surface area contributed by atoms with Crippen molar-refractivity contribution < 1.29 is 14.3 Å². The normalized spacial score (nSPS) is 13.8. The Morgan fingerprint density at radius 1 is 1.12 bits per heavy atom. The highest BCUT2D eigenvalue weighted by Gasteiger charge is 2.21. The summed E-state index contributed by atoms with van der Waals surface area (Å²) in [5.41, 5.74) is 1.87. The highest BCUT2D eigenvalue weighted by molar-refractivity contribution is 6.30. The van der Waals surface area contributed by atoms with E-state index in [1.165, 1.54) is 0 Å². The van der Waals surface area contributed by atoms with Crippen LogP contribution in [0, 0.1) is 0 Å². The van der Waals surface area contributed by atoms with Gasteiger partial charge in [0.15, 0.2) is 6.61 Å². The minimum Gasteiger partial charge on any atom is -0.484 e. The monoisotopic (exact) mass is 358 g/mol. The van der Waals surface area contributed by atoms with Crippen LogP contribution in [0.15, 0.2) is 48.5 Å². The van der Waals surface area contributed by atoms with Crippen LogP contribution >= 0.6 is 11.6 Å². The van der Waals surface area contributed by atoms with Crippen LogP contribution < -0.4 is 15.0 Å². The number of nitrogens with zero attached hydrogens (tertiary/aromatic N) is 1. The van der Waals surface area contributed by atoms with Gasteiger partial charge in [0, 0.05) is 30.2 Å². The molecule has 1 heterocycles. The Morgan fingerprint density at radius 3 is 2.48 bits per heavy atom. The quantitative estimate of drug-likeness (QED) is 0.862. The Kier molecular flexibility index (Phi) is 5.56. The first-order valence-electron chi connectivity index (χ1n) is 8.16. The van der Waals surface area contributed by atoms with Gasteiger partial charge < -0.3 is 15.0 Å². The summed E-state index contributed by atoms with van der Waals surface area (Å²) in [5.74, 6) is 0.563. The number of carbonyl (C=O) groups is 2. The van der Waals surface area contributed by atoms with E-state index in [1.807, 2.05) is 24.3 Å². The first-order valence-corrected chi connectivity index (χ1v) is 8.54. The lowest BCUT2D eigenvalue weighted by molar-refractivity contribution is -0.123. The van der Waals surface area contributed by atoms with E-state index in [1.54, 1.807) is 29.2 Å². The first-order chi connectivity index (χ1) is 12.1. The van der Waals surface area contributed by atoms with E-state index in [0.717, 1.165) is 24.2 Å². The molecule has 25 heavy (non-hydrogen) atoms. The third kappa shape index (κ3) is 4.73. The summed E-state index contributed by atoms with van der Waals surface area (Å²) in [6, 6.07) is 14.5.